The van der Waals surface area contributed by atoms with Crippen molar-refractivity contribution in [1.82, 2.24) is 0 Å². The standard InChI is InChI=1S/C12H5Br/c1-2-3-4-5-6-7-8-9-10-11-12-13/h12H2,1H3. The van der Waals surface area contributed by atoms with Gasteiger partial charge in [0.05, 0.1) is 5.33 Å². The van der Waals surface area contributed by atoms with Crippen molar-refractivity contribution >= 4 is 15.9 Å². The van der Waals surface area contributed by atoms with E-state index in [4.69, 9.17) is 0 Å². The van der Waals surface area contributed by atoms with Crippen LogP contribution in [0, 0.1) is 59.2 Å². The molecule has 0 atom stereocenters. The van der Waals surface area contributed by atoms with Crippen molar-refractivity contribution in [2.75, 3.05) is 5.33 Å². The Bertz CT molecular complexity index is 442. The summed E-state index contributed by atoms with van der Waals surface area (Å²) in [5, 5.41) is 0.626. The minimum atomic E-state index is 0.626. The van der Waals surface area contributed by atoms with Gasteiger partial charge in [-0.1, -0.05) is 27.8 Å². The largest absolute Gasteiger partial charge is 0.0925 e. The van der Waals surface area contributed by atoms with Gasteiger partial charge in [-0.25, -0.2) is 0 Å². The topological polar surface area (TPSA) is 0 Å². The molecule has 0 saturated heterocycles. The first kappa shape index (κ1) is 11.3. The van der Waals surface area contributed by atoms with Crippen LogP contribution in [0.15, 0.2) is 0 Å². The van der Waals surface area contributed by atoms with Gasteiger partial charge in [0.2, 0.25) is 0 Å². The predicted octanol–water partition coefficient (Wildman–Crippen LogP) is 1.42. The molecule has 0 nitrogen and oxygen atoms in total. The van der Waals surface area contributed by atoms with E-state index in [9.17, 15) is 0 Å². The second-order valence-electron chi connectivity index (χ2n) is 1.56. The summed E-state index contributed by atoms with van der Waals surface area (Å²) in [6.07, 6.45) is 0. The normalized spacial score (nSPS) is 4.46. The van der Waals surface area contributed by atoms with Gasteiger partial charge in [-0.2, -0.15) is 0 Å². The Morgan fingerprint density at radius 2 is 1.23 bits per heavy atom. The van der Waals surface area contributed by atoms with Crippen LogP contribution in [0.3, 0.4) is 0 Å². The minimum Gasteiger partial charge on any atom is -0.0925 e. The summed E-state index contributed by atoms with van der Waals surface area (Å²) in [6.45, 7) is 1.72. The van der Waals surface area contributed by atoms with Crippen molar-refractivity contribution in [2.45, 2.75) is 6.92 Å². The average molecular weight is 229 g/mol. The molecule has 0 rings (SSSR count). The van der Waals surface area contributed by atoms with Crippen LogP contribution in [0.25, 0.3) is 0 Å². The lowest BCUT2D eigenvalue weighted by Gasteiger charge is -1.59. The van der Waals surface area contributed by atoms with E-state index in [2.05, 4.69) is 75.1 Å². The molecule has 0 amide bonds. The van der Waals surface area contributed by atoms with Crippen molar-refractivity contribution in [2.24, 2.45) is 0 Å². The number of hydrogen-bond donors (Lipinski definition) is 0. The van der Waals surface area contributed by atoms with E-state index in [0.29, 0.717) is 5.33 Å². The van der Waals surface area contributed by atoms with E-state index >= 15 is 0 Å². The van der Waals surface area contributed by atoms with Gasteiger partial charge in [0, 0.05) is 0 Å². The van der Waals surface area contributed by atoms with E-state index in [1.165, 1.54) is 0 Å². The third-order valence-corrected chi connectivity index (χ3v) is 0.998. The molecule has 1 heteroatoms. The molecule has 0 fully saturated rings. The SMILES string of the molecule is CC#CC#CC#CC#CC#CCBr. The molecule has 0 saturated carbocycles. The fourth-order valence-corrected chi connectivity index (χ4v) is 0.468. The first-order valence-electron chi connectivity index (χ1n) is 3.37. The highest BCUT2D eigenvalue weighted by Crippen LogP contribution is 1.71. The fraction of sp³-hybridized carbons (Fsp3) is 0.167. The van der Waals surface area contributed by atoms with Gasteiger partial charge in [-0.15, -0.1) is 0 Å². The van der Waals surface area contributed by atoms with E-state index in [1.807, 2.05) is 0 Å². The molecule has 0 aromatic carbocycles. The summed E-state index contributed by atoms with van der Waals surface area (Å²) in [5.74, 6) is 25.8. The molecule has 0 aromatic rings. The maximum atomic E-state index is 3.15. The molecule has 0 spiro atoms. The zero-order valence-corrected chi connectivity index (χ0v) is 8.67. The lowest BCUT2D eigenvalue weighted by Crippen LogP contribution is -1.57. The molecule has 0 aliphatic rings. The second-order valence-corrected chi connectivity index (χ2v) is 2.12. The Kier molecular flexibility index (Phi) is 8.92. The summed E-state index contributed by atoms with van der Waals surface area (Å²) in [5.41, 5.74) is 0. The van der Waals surface area contributed by atoms with Crippen LogP contribution in [-0.2, 0) is 0 Å². The highest BCUT2D eigenvalue weighted by atomic mass is 79.9. The van der Waals surface area contributed by atoms with Crippen LogP contribution in [0.2, 0.25) is 0 Å². The number of hydrogen-bond acceptors (Lipinski definition) is 0. The van der Waals surface area contributed by atoms with E-state index in [-0.39, 0.29) is 0 Å². The number of rotatable bonds is 0. The van der Waals surface area contributed by atoms with Crippen LogP contribution < -0.4 is 0 Å². The Labute approximate surface area is 87.6 Å². The van der Waals surface area contributed by atoms with Gasteiger partial charge in [0.25, 0.3) is 0 Å². The summed E-state index contributed by atoms with van der Waals surface area (Å²) in [6, 6.07) is 0. The summed E-state index contributed by atoms with van der Waals surface area (Å²) in [7, 11) is 0. The predicted molar refractivity (Wildman–Crippen MR) is 58.3 cm³/mol. The van der Waals surface area contributed by atoms with E-state index in [0.717, 1.165) is 0 Å². The second kappa shape index (κ2) is 10.3. The Morgan fingerprint density at radius 1 is 0.769 bits per heavy atom. The molecule has 0 aliphatic heterocycles. The lowest BCUT2D eigenvalue weighted by atomic mass is 10.5. The zero-order chi connectivity index (χ0) is 9.78. The highest BCUT2D eigenvalue weighted by Gasteiger charge is 1.58. The first-order valence-corrected chi connectivity index (χ1v) is 4.49. The van der Waals surface area contributed by atoms with Gasteiger partial charge in [-0.05, 0) is 54.3 Å². The smallest absolute Gasteiger partial charge is 0.0655 e. The maximum Gasteiger partial charge on any atom is 0.0655 e. The van der Waals surface area contributed by atoms with Crippen LogP contribution in [-0.4, -0.2) is 5.33 Å². The van der Waals surface area contributed by atoms with Gasteiger partial charge in [0.1, 0.15) is 0 Å². The lowest BCUT2D eigenvalue weighted by molar-refractivity contribution is 1.92. The maximum absolute atomic E-state index is 3.15. The third-order valence-electron chi connectivity index (χ3n) is 0.718. The van der Waals surface area contributed by atoms with Crippen LogP contribution in [0.1, 0.15) is 6.92 Å². The van der Waals surface area contributed by atoms with E-state index < -0.39 is 0 Å². The van der Waals surface area contributed by atoms with E-state index in [1.54, 1.807) is 6.92 Å². The molecular formula is C12H5Br. The summed E-state index contributed by atoms with van der Waals surface area (Å²) >= 11 is 3.15. The van der Waals surface area contributed by atoms with Crippen LogP contribution in [0.5, 0.6) is 0 Å². The van der Waals surface area contributed by atoms with Gasteiger partial charge in [-0.3, -0.25) is 0 Å². The molecule has 13 heavy (non-hydrogen) atoms. The summed E-state index contributed by atoms with van der Waals surface area (Å²) < 4.78 is 0. The molecule has 0 N–H and O–H groups in total. The van der Waals surface area contributed by atoms with Crippen molar-refractivity contribution in [1.29, 1.82) is 0 Å². The summed E-state index contributed by atoms with van der Waals surface area (Å²) in [4.78, 5) is 0. The quantitative estimate of drug-likeness (QED) is 0.435. The van der Waals surface area contributed by atoms with Gasteiger partial charge in [0.15, 0.2) is 0 Å². The monoisotopic (exact) mass is 228 g/mol. The molecule has 0 bridgehead atoms. The van der Waals surface area contributed by atoms with Crippen LogP contribution >= 0.6 is 15.9 Å². The van der Waals surface area contributed by atoms with Gasteiger partial charge >= 0.3 is 0 Å². The van der Waals surface area contributed by atoms with Crippen molar-refractivity contribution < 1.29 is 0 Å². The minimum absolute atomic E-state index is 0.626. The Balaban J connectivity index is 4.04. The molecule has 0 aromatic heterocycles. The molecular weight excluding hydrogens is 224 g/mol. The molecule has 0 radical (unpaired) electrons. The molecule has 0 aliphatic carbocycles. The Hall–Kier alpha value is -1.72. The van der Waals surface area contributed by atoms with Crippen molar-refractivity contribution in [3.8, 4) is 59.2 Å². The molecule has 0 heterocycles. The fourth-order valence-electron chi connectivity index (χ4n) is 0.328. The molecule has 60 valence electrons. The van der Waals surface area contributed by atoms with Crippen molar-refractivity contribution in [3.05, 3.63) is 0 Å². The first-order chi connectivity index (χ1) is 6.41. The Morgan fingerprint density at radius 3 is 1.69 bits per heavy atom. The number of alkyl halides is 1. The van der Waals surface area contributed by atoms with Gasteiger partial charge < -0.3 is 0 Å². The average Bonchev–Trinajstić information content (AvgIpc) is 2.16. The van der Waals surface area contributed by atoms with Crippen molar-refractivity contribution in [3.63, 3.8) is 0 Å². The van der Waals surface area contributed by atoms with Crippen LogP contribution in [0.4, 0.5) is 0 Å². The third kappa shape index (κ3) is 10.3. The molecule has 0 unspecified atom stereocenters. The number of halogens is 1. The highest BCUT2D eigenvalue weighted by molar-refractivity contribution is 9.09. The zero-order valence-electron chi connectivity index (χ0n) is 7.09.